The topological polar surface area (TPSA) is 38.8 Å². The van der Waals surface area contributed by atoms with E-state index in [-0.39, 0.29) is 6.04 Å². The molecule has 2 aliphatic rings. The number of likely N-dealkylation sites (N-methyl/N-ethyl adjacent to an activating group) is 1. The lowest BCUT2D eigenvalue weighted by Gasteiger charge is -2.48. The van der Waals surface area contributed by atoms with Crippen molar-refractivity contribution < 1.29 is 14.3 Å². The van der Waals surface area contributed by atoms with E-state index in [0.717, 1.165) is 43.5 Å². The number of carbonyl (C=O) groups excluding carboxylic acids is 1. The molecule has 2 atom stereocenters. The molecule has 4 heteroatoms. The van der Waals surface area contributed by atoms with Crippen molar-refractivity contribution >= 4 is 5.78 Å². The fourth-order valence-corrected chi connectivity index (χ4v) is 4.03. The van der Waals surface area contributed by atoms with Crippen LogP contribution < -0.4 is 9.47 Å². The van der Waals surface area contributed by atoms with E-state index in [0.29, 0.717) is 11.5 Å². The number of hydrogen-bond donors (Lipinski definition) is 0. The third kappa shape index (κ3) is 2.04. The number of likely N-dealkylation sites (tertiary alicyclic amines) is 1. The number of para-hydroxylation sites is 1. The molecule has 2 bridgehead atoms. The molecule has 0 spiro atoms. The van der Waals surface area contributed by atoms with Crippen LogP contribution in [0, 0.1) is 0 Å². The smallest absolute Gasteiger partial charge is 0.164 e. The molecule has 2 fully saturated rings. The van der Waals surface area contributed by atoms with Crippen molar-refractivity contribution in [3.8, 4) is 11.5 Å². The zero-order valence-electron chi connectivity index (χ0n) is 13.0. The van der Waals surface area contributed by atoms with E-state index in [4.69, 9.17) is 9.47 Å². The number of ketones is 1. The van der Waals surface area contributed by atoms with Crippen molar-refractivity contribution in [3.05, 3.63) is 23.8 Å². The highest BCUT2D eigenvalue weighted by molar-refractivity contribution is 5.96. The van der Waals surface area contributed by atoms with Gasteiger partial charge in [0.1, 0.15) is 0 Å². The maximum absolute atomic E-state index is 13.1. The fourth-order valence-electron chi connectivity index (χ4n) is 4.03. The molecule has 1 aliphatic carbocycles. The third-order valence-electron chi connectivity index (χ3n) is 5.20. The molecule has 0 N–H and O–H groups in total. The number of nitrogens with zero attached hydrogens (tertiary/aromatic N) is 1. The number of hydrogen-bond acceptors (Lipinski definition) is 4. The Kier molecular flexibility index (Phi) is 3.66. The summed E-state index contributed by atoms with van der Waals surface area (Å²) in [5.74, 6) is 1.78. The first-order valence-electron chi connectivity index (χ1n) is 7.60. The molecule has 1 aromatic rings. The summed E-state index contributed by atoms with van der Waals surface area (Å²) in [4.78, 5) is 15.3. The van der Waals surface area contributed by atoms with Gasteiger partial charge < -0.3 is 9.47 Å². The summed E-state index contributed by atoms with van der Waals surface area (Å²) in [6.07, 6.45) is 3.84. The minimum Gasteiger partial charge on any atom is -0.493 e. The van der Waals surface area contributed by atoms with Gasteiger partial charge in [-0.15, -0.1) is 0 Å². The normalized spacial score (nSPS) is 29.3. The highest BCUT2D eigenvalue weighted by Gasteiger charge is 2.51. The standard InChI is InChI=1S/C17H23NO3/c1-18-11-10-17(9-5-7-13(18)16(17)19)12-6-4-8-14(20-2)15(12)21-3/h4,6,8,13H,5,7,9-11H2,1-3H3/t13-,17-/m0/s1. The van der Waals surface area contributed by atoms with E-state index in [1.54, 1.807) is 14.2 Å². The second kappa shape index (κ2) is 5.34. The molecular formula is C17H23NO3. The van der Waals surface area contributed by atoms with Crippen LogP contribution in [0.4, 0.5) is 0 Å². The first-order valence-corrected chi connectivity index (χ1v) is 7.60. The van der Waals surface area contributed by atoms with Gasteiger partial charge in [-0.2, -0.15) is 0 Å². The minimum atomic E-state index is -0.394. The molecule has 1 aliphatic heterocycles. The van der Waals surface area contributed by atoms with Gasteiger partial charge in [-0.05, 0) is 38.9 Å². The molecule has 0 unspecified atom stereocenters. The largest absolute Gasteiger partial charge is 0.493 e. The first kappa shape index (κ1) is 14.4. The number of Topliss-reactive ketones (excluding diaryl/α,β-unsaturated/α-hetero) is 1. The Labute approximate surface area is 126 Å². The Hall–Kier alpha value is -1.55. The summed E-state index contributed by atoms with van der Waals surface area (Å²) in [6, 6.07) is 5.94. The van der Waals surface area contributed by atoms with Gasteiger partial charge in [0.25, 0.3) is 0 Å². The number of benzene rings is 1. The zero-order valence-corrected chi connectivity index (χ0v) is 13.0. The number of fused-ring (bicyclic) bond motifs is 2. The Morgan fingerprint density at radius 3 is 2.76 bits per heavy atom. The molecule has 1 saturated heterocycles. The van der Waals surface area contributed by atoms with Gasteiger partial charge >= 0.3 is 0 Å². The summed E-state index contributed by atoms with van der Waals surface area (Å²) in [7, 11) is 5.35. The molecule has 0 amide bonds. The predicted octanol–water partition coefficient (Wildman–Crippen LogP) is 2.40. The number of rotatable bonds is 3. The number of piperidine rings is 1. The quantitative estimate of drug-likeness (QED) is 0.856. The van der Waals surface area contributed by atoms with Crippen molar-refractivity contribution in [2.75, 3.05) is 27.8 Å². The van der Waals surface area contributed by atoms with Crippen LogP contribution in [0.25, 0.3) is 0 Å². The summed E-state index contributed by atoms with van der Waals surface area (Å²) in [5, 5.41) is 0. The van der Waals surface area contributed by atoms with Crippen molar-refractivity contribution in [2.45, 2.75) is 37.1 Å². The molecule has 1 aromatic carbocycles. The molecule has 114 valence electrons. The molecule has 1 heterocycles. The van der Waals surface area contributed by atoms with Gasteiger partial charge in [0.15, 0.2) is 17.3 Å². The van der Waals surface area contributed by atoms with Crippen molar-refractivity contribution in [3.63, 3.8) is 0 Å². The molecular weight excluding hydrogens is 266 g/mol. The summed E-state index contributed by atoms with van der Waals surface area (Å²) >= 11 is 0. The van der Waals surface area contributed by atoms with Crippen molar-refractivity contribution in [2.24, 2.45) is 0 Å². The molecule has 0 aromatic heterocycles. The number of carbonyl (C=O) groups is 1. The number of methoxy groups -OCH3 is 2. The average molecular weight is 289 g/mol. The summed E-state index contributed by atoms with van der Waals surface area (Å²) in [5.41, 5.74) is 0.613. The van der Waals surface area contributed by atoms with Crippen LogP contribution in [0.1, 0.15) is 31.2 Å². The van der Waals surface area contributed by atoms with E-state index in [2.05, 4.69) is 11.9 Å². The van der Waals surface area contributed by atoms with E-state index in [1.165, 1.54) is 0 Å². The average Bonchev–Trinajstić information content (AvgIpc) is 2.51. The van der Waals surface area contributed by atoms with Crippen LogP contribution in [0.3, 0.4) is 0 Å². The Morgan fingerprint density at radius 2 is 2.05 bits per heavy atom. The Balaban J connectivity index is 2.12. The van der Waals surface area contributed by atoms with Crippen LogP contribution >= 0.6 is 0 Å². The molecule has 1 saturated carbocycles. The third-order valence-corrected chi connectivity index (χ3v) is 5.20. The second-order valence-electron chi connectivity index (χ2n) is 6.13. The van der Waals surface area contributed by atoms with Gasteiger partial charge in [0.05, 0.1) is 25.7 Å². The van der Waals surface area contributed by atoms with E-state index in [1.807, 2.05) is 18.2 Å². The van der Waals surface area contributed by atoms with Gasteiger partial charge in [-0.25, -0.2) is 0 Å². The maximum atomic E-state index is 13.1. The second-order valence-corrected chi connectivity index (χ2v) is 6.13. The number of ether oxygens (including phenoxy) is 2. The molecule has 3 rings (SSSR count). The van der Waals surface area contributed by atoms with Gasteiger partial charge in [0, 0.05) is 5.56 Å². The van der Waals surface area contributed by atoms with Crippen LogP contribution in [0.15, 0.2) is 18.2 Å². The Bertz CT molecular complexity index is 557. The lowest BCUT2D eigenvalue weighted by atomic mass is 9.62. The van der Waals surface area contributed by atoms with E-state index in [9.17, 15) is 4.79 Å². The van der Waals surface area contributed by atoms with Gasteiger partial charge in [-0.1, -0.05) is 18.6 Å². The SMILES string of the molecule is COc1cccc([C@@]23CCC[C@@H](C2=O)N(C)CC3)c1OC. The van der Waals surface area contributed by atoms with Crippen LogP contribution in [0.2, 0.25) is 0 Å². The van der Waals surface area contributed by atoms with Gasteiger partial charge in [-0.3, -0.25) is 9.69 Å². The summed E-state index contributed by atoms with van der Waals surface area (Å²) in [6.45, 7) is 0.955. The van der Waals surface area contributed by atoms with E-state index >= 15 is 0 Å². The van der Waals surface area contributed by atoms with Crippen LogP contribution in [0.5, 0.6) is 11.5 Å². The minimum absolute atomic E-state index is 0.0587. The van der Waals surface area contributed by atoms with Crippen molar-refractivity contribution in [1.29, 1.82) is 0 Å². The van der Waals surface area contributed by atoms with Gasteiger partial charge in [0.2, 0.25) is 0 Å². The maximum Gasteiger partial charge on any atom is 0.164 e. The lowest BCUT2D eigenvalue weighted by Crippen LogP contribution is -2.58. The highest BCUT2D eigenvalue weighted by Crippen LogP contribution is 2.49. The molecule has 21 heavy (non-hydrogen) atoms. The fraction of sp³-hybridized carbons (Fsp3) is 0.588. The van der Waals surface area contributed by atoms with E-state index < -0.39 is 5.41 Å². The first-order chi connectivity index (χ1) is 10.1. The monoisotopic (exact) mass is 289 g/mol. The lowest BCUT2D eigenvalue weighted by molar-refractivity contribution is -0.136. The van der Waals surface area contributed by atoms with Crippen molar-refractivity contribution in [1.82, 2.24) is 4.90 Å². The van der Waals surface area contributed by atoms with Crippen LogP contribution in [-0.2, 0) is 10.2 Å². The zero-order chi connectivity index (χ0) is 15.0. The highest BCUT2D eigenvalue weighted by atomic mass is 16.5. The molecule has 0 radical (unpaired) electrons. The molecule has 4 nitrogen and oxygen atoms in total. The Morgan fingerprint density at radius 1 is 1.24 bits per heavy atom. The van der Waals surface area contributed by atoms with Crippen LogP contribution in [-0.4, -0.2) is 44.5 Å². The summed E-state index contributed by atoms with van der Waals surface area (Å²) < 4.78 is 11.0. The predicted molar refractivity (Wildman–Crippen MR) is 81.1 cm³/mol.